The van der Waals surface area contributed by atoms with E-state index in [-0.39, 0.29) is 23.8 Å². The van der Waals surface area contributed by atoms with Gasteiger partial charge in [0.05, 0.1) is 17.4 Å². The molecule has 1 atom stereocenters. The number of thiophene rings is 1. The highest BCUT2D eigenvalue weighted by molar-refractivity contribution is 7.21. The largest absolute Gasteiger partial charge is 0.397 e. The van der Waals surface area contributed by atoms with Crippen molar-refractivity contribution in [2.45, 2.75) is 38.1 Å². The Kier molecular flexibility index (Phi) is 4.11. The van der Waals surface area contributed by atoms with Crippen molar-refractivity contribution in [2.75, 3.05) is 19.3 Å². The molecule has 1 aliphatic heterocycles. The second-order valence-corrected chi connectivity index (χ2v) is 7.83. The number of carbonyl (C=O) groups excluding carboxylic acids is 2. The summed E-state index contributed by atoms with van der Waals surface area (Å²) in [5.41, 5.74) is 7.49. The zero-order valence-electron chi connectivity index (χ0n) is 14.2. The highest BCUT2D eigenvalue weighted by Gasteiger charge is 2.37. The number of likely N-dealkylation sites (tertiary alicyclic amines) is 1. The first-order valence-electron chi connectivity index (χ1n) is 8.81. The fraction of sp³-hybridized carbons (Fsp3) is 0.500. The van der Waals surface area contributed by atoms with Gasteiger partial charge in [-0.2, -0.15) is 0 Å². The van der Waals surface area contributed by atoms with E-state index in [1.54, 1.807) is 7.05 Å². The Balaban J connectivity index is 1.66. The van der Waals surface area contributed by atoms with Crippen LogP contribution in [-0.4, -0.2) is 35.3 Å². The number of nitrogens with zero attached hydrogens (tertiary/aromatic N) is 2. The fourth-order valence-corrected chi connectivity index (χ4v) is 4.75. The lowest BCUT2D eigenvalue weighted by atomic mass is 9.84. The van der Waals surface area contributed by atoms with Crippen LogP contribution in [0, 0.1) is 5.92 Å². The molecule has 2 aromatic rings. The van der Waals surface area contributed by atoms with E-state index < -0.39 is 0 Å². The van der Waals surface area contributed by atoms with Crippen molar-refractivity contribution in [3.05, 3.63) is 22.7 Å². The zero-order valence-corrected chi connectivity index (χ0v) is 15.1. The molecule has 7 heteroatoms. The van der Waals surface area contributed by atoms with E-state index in [9.17, 15) is 9.59 Å². The third-order valence-corrected chi connectivity index (χ3v) is 6.49. The number of aromatic nitrogens is 1. The summed E-state index contributed by atoms with van der Waals surface area (Å²) < 4.78 is 0. The molecular formula is C18H22N4O2S. The number of anilines is 1. The predicted molar refractivity (Wildman–Crippen MR) is 98.5 cm³/mol. The Bertz CT molecular complexity index is 843. The standard InChI is InChI=1S/C18H22N4O2S/c1-20-16(23)15-14(19)11-7-8-12(21-17(11)25-15)13-6-3-9-22(13)18(24)10-4-2-5-10/h7-8,10,13H,2-6,9,19H2,1H3,(H,20,23)/t13-/m1/s1. The number of nitrogen functional groups attached to an aromatic ring is 1. The molecule has 3 N–H and O–H groups in total. The summed E-state index contributed by atoms with van der Waals surface area (Å²) in [5, 5.41) is 3.42. The van der Waals surface area contributed by atoms with E-state index in [2.05, 4.69) is 5.32 Å². The van der Waals surface area contributed by atoms with Gasteiger partial charge in [0.1, 0.15) is 9.71 Å². The molecule has 25 heavy (non-hydrogen) atoms. The van der Waals surface area contributed by atoms with Gasteiger partial charge < -0.3 is 16.0 Å². The Morgan fingerprint density at radius 3 is 2.76 bits per heavy atom. The summed E-state index contributed by atoms with van der Waals surface area (Å²) >= 11 is 1.31. The maximum atomic E-state index is 12.7. The number of hydrogen-bond acceptors (Lipinski definition) is 5. The number of nitrogens with one attached hydrogen (secondary N) is 1. The van der Waals surface area contributed by atoms with Gasteiger partial charge >= 0.3 is 0 Å². The number of carbonyl (C=O) groups is 2. The third-order valence-electron chi connectivity index (χ3n) is 5.38. The summed E-state index contributed by atoms with van der Waals surface area (Å²) in [6.45, 7) is 0.815. The SMILES string of the molecule is CNC(=O)c1sc2nc([C@H]3CCCN3C(=O)C3CCC3)ccc2c1N. The van der Waals surface area contributed by atoms with Crippen molar-refractivity contribution in [3.63, 3.8) is 0 Å². The van der Waals surface area contributed by atoms with Crippen LogP contribution >= 0.6 is 11.3 Å². The topological polar surface area (TPSA) is 88.3 Å². The molecule has 1 saturated heterocycles. The zero-order chi connectivity index (χ0) is 17.6. The van der Waals surface area contributed by atoms with Gasteiger partial charge in [0.25, 0.3) is 5.91 Å². The number of nitrogens with two attached hydrogens (primary N) is 1. The second kappa shape index (κ2) is 6.29. The molecule has 2 fully saturated rings. The summed E-state index contributed by atoms with van der Waals surface area (Å²) in [4.78, 5) is 32.7. The molecule has 1 aliphatic carbocycles. The number of rotatable bonds is 3. The molecule has 4 rings (SSSR count). The first-order chi connectivity index (χ1) is 12.1. The molecule has 2 aromatic heterocycles. The van der Waals surface area contributed by atoms with Crippen molar-refractivity contribution in [1.82, 2.24) is 15.2 Å². The van der Waals surface area contributed by atoms with Gasteiger partial charge in [-0.25, -0.2) is 4.98 Å². The third kappa shape index (κ3) is 2.66. The lowest BCUT2D eigenvalue weighted by molar-refractivity contribution is -0.139. The Hall–Kier alpha value is -2.15. The summed E-state index contributed by atoms with van der Waals surface area (Å²) in [6, 6.07) is 3.93. The van der Waals surface area contributed by atoms with Gasteiger partial charge in [0.15, 0.2) is 0 Å². The molecule has 0 radical (unpaired) electrons. The Morgan fingerprint density at radius 2 is 2.08 bits per heavy atom. The average molecular weight is 358 g/mol. The van der Waals surface area contributed by atoms with E-state index in [0.717, 1.165) is 54.6 Å². The van der Waals surface area contributed by atoms with Crippen molar-refractivity contribution < 1.29 is 9.59 Å². The molecule has 132 valence electrons. The van der Waals surface area contributed by atoms with Crippen LogP contribution in [0.4, 0.5) is 5.69 Å². The van der Waals surface area contributed by atoms with Crippen LogP contribution in [0.25, 0.3) is 10.2 Å². The minimum Gasteiger partial charge on any atom is -0.397 e. The molecule has 2 aliphatic rings. The highest BCUT2D eigenvalue weighted by atomic mass is 32.1. The number of hydrogen-bond donors (Lipinski definition) is 2. The molecular weight excluding hydrogens is 336 g/mol. The predicted octanol–water partition coefficient (Wildman–Crippen LogP) is 2.70. The first kappa shape index (κ1) is 16.3. The first-order valence-corrected chi connectivity index (χ1v) is 9.63. The Labute approximate surface area is 150 Å². The van der Waals surface area contributed by atoms with Crippen molar-refractivity contribution >= 4 is 39.1 Å². The normalized spacial score (nSPS) is 20.7. The number of amides is 2. The van der Waals surface area contributed by atoms with Gasteiger partial charge in [-0.15, -0.1) is 11.3 Å². The second-order valence-electron chi connectivity index (χ2n) is 6.83. The molecule has 0 aromatic carbocycles. The molecule has 0 unspecified atom stereocenters. The van der Waals surface area contributed by atoms with Gasteiger partial charge in [-0.1, -0.05) is 6.42 Å². The lowest BCUT2D eigenvalue weighted by Gasteiger charge is -2.32. The van der Waals surface area contributed by atoms with E-state index in [4.69, 9.17) is 10.7 Å². The number of fused-ring (bicyclic) bond motifs is 1. The Morgan fingerprint density at radius 1 is 1.28 bits per heavy atom. The summed E-state index contributed by atoms with van der Waals surface area (Å²) in [6.07, 6.45) is 5.16. The van der Waals surface area contributed by atoms with E-state index in [1.165, 1.54) is 11.3 Å². The lowest BCUT2D eigenvalue weighted by Crippen LogP contribution is -2.38. The minimum atomic E-state index is -0.190. The summed E-state index contributed by atoms with van der Waals surface area (Å²) in [7, 11) is 1.59. The van der Waals surface area contributed by atoms with Gasteiger partial charge in [0, 0.05) is 24.9 Å². The van der Waals surface area contributed by atoms with Gasteiger partial charge in [0.2, 0.25) is 5.91 Å². The molecule has 3 heterocycles. The minimum absolute atomic E-state index is 0.0456. The smallest absolute Gasteiger partial charge is 0.263 e. The van der Waals surface area contributed by atoms with Crippen LogP contribution in [-0.2, 0) is 4.79 Å². The summed E-state index contributed by atoms with van der Waals surface area (Å²) in [5.74, 6) is 0.304. The molecule has 0 spiro atoms. The van der Waals surface area contributed by atoms with E-state index in [0.29, 0.717) is 10.6 Å². The van der Waals surface area contributed by atoms with Crippen LogP contribution in [0.3, 0.4) is 0 Å². The number of pyridine rings is 1. The molecule has 0 bridgehead atoms. The van der Waals surface area contributed by atoms with Crippen molar-refractivity contribution in [2.24, 2.45) is 5.92 Å². The monoisotopic (exact) mass is 358 g/mol. The van der Waals surface area contributed by atoms with Crippen LogP contribution in [0.15, 0.2) is 12.1 Å². The maximum Gasteiger partial charge on any atom is 0.263 e. The van der Waals surface area contributed by atoms with Crippen LogP contribution in [0.1, 0.15) is 53.5 Å². The van der Waals surface area contributed by atoms with Crippen LogP contribution in [0.2, 0.25) is 0 Å². The molecule has 2 amide bonds. The van der Waals surface area contributed by atoms with Crippen molar-refractivity contribution in [1.29, 1.82) is 0 Å². The fourth-order valence-electron chi connectivity index (χ4n) is 3.71. The molecule has 6 nitrogen and oxygen atoms in total. The average Bonchev–Trinajstić information content (AvgIpc) is 3.17. The quantitative estimate of drug-likeness (QED) is 0.883. The van der Waals surface area contributed by atoms with Gasteiger partial charge in [-0.3, -0.25) is 9.59 Å². The molecule has 1 saturated carbocycles. The van der Waals surface area contributed by atoms with E-state index in [1.807, 2.05) is 17.0 Å². The van der Waals surface area contributed by atoms with Crippen LogP contribution in [0.5, 0.6) is 0 Å². The van der Waals surface area contributed by atoms with E-state index >= 15 is 0 Å². The highest BCUT2D eigenvalue weighted by Crippen LogP contribution is 2.39. The maximum absolute atomic E-state index is 12.7. The van der Waals surface area contributed by atoms with Gasteiger partial charge in [-0.05, 0) is 37.8 Å². The van der Waals surface area contributed by atoms with Crippen LogP contribution < -0.4 is 11.1 Å². The van der Waals surface area contributed by atoms with Crippen molar-refractivity contribution in [3.8, 4) is 0 Å².